The molecule has 3 aromatic carbocycles. The molecule has 0 spiro atoms. The molecule has 0 aromatic heterocycles. The predicted molar refractivity (Wildman–Crippen MR) is 153 cm³/mol. The molecule has 206 valence electrons. The number of nitrogens with zero attached hydrogens (tertiary/aromatic N) is 1. The Hall–Kier alpha value is -4.17. The van der Waals surface area contributed by atoms with Crippen LogP contribution in [0, 0.1) is 0 Å². The van der Waals surface area contributed by atoms with E-state index >= 15 is 0 Å². The summed E-state index contributed by atoms with van der Waals surface area (Å²) in [6.45, 7) is 7.53. The van der Waals surface area contributed by atoms with E-state index in [0.29, 0.717) is 25.2 Å². The van der Waals surface area contributed by atoms with Crippen LogP contribution < -0.4 is 16.0 Å². The van der Waals surface area contributed by atoms with Crippen molar-refractivity contribution in [1.29, 1.82) is 0 Å². The van der Waals surface area contributed by atoms with E-state index in [4.69, 9.17) is 4.74 Å². The molecular formula is C31H38N4O4. The predicted octanol–water partition coefficient (Wildman–Crippen LogP) is 4.36. The lowest BCUT2D eigenvalue weighted by molar-refractivity contribution is -0.129. The van der Waals surface area contributed by atoms with E-state index in [0.717, 1.165) is 23.2 Å². The molecule has 0 unspecified atom stereocenters. The van der Waals surface area contributed by atoms with Crippen molar-refractivity contribution in [2.24, 2.45) is 0 Å². The van der Waals surface area contributed by atoms with Gasteiger partial charge in [-0.2, -0.15) is 0 Å². The van der Waals surface area contributed by atoms with Gasteiger partial charge in [0.05, 0.1) is 0 Å². The first-order valence-corrected chi connectivity index (χ1v) is 13.0. The number of likely N-dealkylation sites (N-methyl/N-ethyl adjacent to an activating group) is 1. The van der Waals surface area contributed by atoms with Gasteiger partial charge >= 0.3 is 6.09 Å². The molecule has 0 bridgehead atoms. The quantitative estimate of drug-likeness (QED) is 0.320. The second kappa shape index (κ2) is 14.1. The van der Waals surface area contributed by atoms with Gasteiger partial charge in [0.1, 0.15) is 12.1 Å². The van der Waals surface area contributed by atoms with Gasteiger partial charge < -0.3 is 25.6 Å². The van der Waals surface area contributed by atoms with Crippen molar-refractivity contribution in [2.45, 2.75) is 39.5 Å². The molecular weight excluding hydrogens is 492 g/mol. The summed E-state index contributed by atoms with van der Waals surface area (Å²) in [4.78, 5) is 38.3. The molecule has 0 radical (unpaired) electrons. The number of hydrogen-bond acceptors (Lipinski definition) is 5. The van der Waals surface area contributed by atoms with Crippen LogP contribution in [-0.4, -0.2) is 55.1 Å². The molecule has 3 N–H and O–H groups in total. The number of alkyl carbamates (subject to hydrolysis) is 1. The topological polar surface area (TPSA) is 99.8 Å². The average molecular weight is 531 g/mol. The lowest BCUT2D eigenvalue weighted by atomic mass is 10.0. The standard InChI is InChI=1S/C31H38N4O4/c1-31(2,3)39-30(38)34-21-28(36)35(4)22-24-11-8-12-27(19-24)25-13-15-26(16-14-25)29(37)33-18-17-32-20-23-9-6-5-7-10-23/h5-16,19,32H,17-18,20-22H2,1-4H3,(H,33,37)(H,34,38). The molecule has 8 nitrogen and oxygen atoms in total. The zero-order valence-corrected chi connectivity index (χ0v) is 23.1. The van der Waals surface area contributed by atoms with Crippen molar-refractivity contribution in [3.8, 4) is 11.1 Å². The van der Waals surface area contributed by atoms with E-state index < -0.39 is 11.7 Å². The van der Waals surface area contributed by atoms with Crippen molar-refractivity contribution >= 4 is 17.9 Å². The largest absolute Gasteiger partial charge is 0.444 e. The van der Waals surface area contributed by atoms with E-state index in [1.807, 2.05) is 66.7 Å². The summed E-state index contributed by atoms with van der Waals surface area (Å²) in [7, 11) is 1.69. The summed E-state index contributed by atoms with van der Waals surface area (Å²) < 4.78 is 5.17. The molecule has 0 aliphatic heterocycles. The Labute approximate surface area is 230 Å². The molecule has 0 atom stereocenters. The molecule has 3 aromatic rings. The summed E-state index contributed by atoms with van der Waals surface area (Å²) in [5.74, 6) is -0.339. The van der Waals surface area contributed by atoms with Crippen LogP contribution >= 0.6 is 0 Å². The minimum Gasteiger partial charge on any atom is -0.444 e. The molecule has 3 rings (SSSR count). The first kappa shape index (κ1) is 29.4. The molecule has 0 fully saturated rings. The van der Waals surface area contributed by atoms with Gasteiger partial charge in [0.25, 0.3) is 5.91 Å². The van der Waals surface area contributed by atoms with E-state index in [9.17, 15) is 14.4 Å². The van der Waals surface area contributed by atoms with Crippen LogP contribution in [-0.2, 0) is 22.6 Å². The van der Waals surface area contributed by atoms with Gasteiger partial charge in [0, 0.05) is 38.8 Å². The van der Waals surface area contributed by atoms with Crippen LogP contribution in [0.4, 0.5) is 4.79 Å². The summed E-state index contributed by atoms with van der Waals surface area (Å²) in [6.07, 6.45) is -0.622. The van der Waals surface area contributed by atoms with Gasteiger partial charge in [-0.3, -0.25) is 9.59 Å². The smallest absolute Gasteiger partial charge is 0.408 e. The maximum absolute atomic E-state index is 12.5. The Bertz CT molecular complexity index is 1240. The fourth-order valence-electron chi connectivity index (χ4n) is 3.82. The zero-order valence-electron chi connectivity index (χ0n) is 23.1. The van der Waals surface area contributed by atoms with Gasteiger partial charge in [-0.15, -0.1) is 0 Å². The summed E-state index contributed by atoms with van der Waals surface area (Å²) >= 11 is 0. The van der Waals surface area contributed by atoms with Crippen molar-refractivity contribution in [1.82, 2.24) is 20.9 Å². The van der Waals surface area contributed by atoms with Crippen molar-refractivity contribution in [2.75, 3.05) is 26.7 Å². The van der Waals surface area contributed by atoms with Gasteiger partial charge in [-0.05, 0) is 61.2 Å². The molecule has 0 saturated heterocycles. The number of carbonyl (C=O) groups excluding carboxylic acids is 3. The Kier molecular flexibility index (Phi) is 10.6. The first-order valence-electron chi connectivity index (χ1n) is 13.0. The summed E-state index contributed by atoms with van der Waals surface area (Å²) in [5.41, 5.74) is 4.08. The number of benzene rings is 3. The SMILES string of the molecule is CN(Cc1cccc(-c2ccc(C(=O)NCCNCc3ccccc3)cc2)c1)C(=O)CNC(=O)OC(C)(C)C. The van der Waals surface area contributed by atoms with Gasteiger partial charge in [0.15, 0.2) is 0 Å². The second-order valence-corrected chi connectivity index (χ2v) is 10.3. The van der Waals surface area contributed by atoms with E-state index in [1.54, 1.807) is 32.7 Å². The molecule has 0 aliphatic rings. The summed E-state index contributed by atoms with van der Waals surface area (Å²) in [6, 6.07) is 25.5. The molecule has 8 heteroatoms. The van der Waals surface area contributed by atoms with Crippen LogP contribution in [0.25, 0.3) is 11.1 Å². The molecule has 0 saturated carbocycles. The highest BCUT2D eigenvalue weighted by Crippen LogP contribution is 2.22. The highest BCUT2D eigenvalue weighted by molar-refractivity contribution is 5.94. The van der Waals surface area contributed by atoms with Crippen molar-refractivity contribution in [3.05, 3.63) is 95.6 Å². The van der Waals surface area contributed by atoms with Crippen LogP contribution in [0.15, 0.2) is 78.9 Å². The van der Waals surface area contributed by atoms with E-state index in [-0.39, 0.29) is 18.4 Å². The lowest BCUT2D eigenvalue weighted by Gasteiger charge is -2.21. The fraction of sp³-hybridized carbons (Fsp3) is 0.323. The maximum Gasteiger partial charge on any atom is 0.408 e. The Morgan fingerprint density at radius 2 is 1.49 bits per heavy atom. The van der Waals surface area contributed by atoms with E-state index in [2.05, 4.69) is 28.1 Å². The normalized spacial score (nSPS) is 11.0. The maximum atomic E-state index is 12.5. The molecule has 3 amide bonds. The van der Waals surface area contributed by atoms with E-state index in [1.165, 1.54) is 5.56 Å². The third kappa shape index (κ3) is 10.2. The highest BCUT2D eigenvalue weighted by atomic mass is 16.6. The molecule has 39 heavy (non-hydrogen) atoms. The van der Waals surface area contributed by atoms with Gasteiger partial charge in [0.2, 0.25) is 5.91 Å². The Morgan fingerprint density at radius 1 is 0.795 bits per heavy atom. The number of rotatable bonds is 11. The van der Waals surface area contributed by atoms with Crippen molar-refractivity contribution < 1.29 is 19.1 Å². The van der Waals surface area contributed by atoms with Crippen LogP contribution in [0.1, 0.15) is 42.3 Å². The summed E-state index contributed by atoms with van der Waals surface area (Å²) in [5, 5.41) is 8.76. The number of hydrogen-bond donors (Lipinski definition) is 3. The van der Waals surface area contributed by atoms with Crippen LogP contribution in [0.2, 0.25) is 0 Å². The fourth-order valence-corrected chi connectivity index (χ4v) is 3.82. The molecule has 0 aliphatic carbocycles. The Balaban J connectivity index is 1.47. The van der Waals surface area contributed by atoms with Gasteiger partial charge in [-0.1, -0.05) is 60.7 Å². The van der Waals surface area contributed by atoms with Crippen LogP contribution in [0.5, 0.6) is 0 Å². The third-order valence-corrected chi connectivity index (χ3v) is 5.80. The third-order valence-electron chi connectivity index (χ3n) is 5.80. The number of nitrogens with one attached hydrogen (secondary N) is 3. The zero-order chi connectivity index (χ0) is 28.3. The average Bonchev–Trinajstić information content (AvgIpc) is 2.91. The minimum atomic E-state index is -0.623. The number of amides is 3. The highest BCUT2D eigenvalue weighted by Gasteiger charge is 2.18. The second-order valence-electron chi connectivity index (χ2n) is 10.3. The Morgan fingerprint density at radius 3 is 2.18 bits per heavy atom. The lowest BCUT2D eigenvalue weighted by Crippen LogP contribution is -2.40. The first-order chi connectivity index (χ1) is 18.6. The van der Waals surface area contributed by atoms with Crippen molar-refractivity contribution in [3.63, 3.8) is 0 Å². The molecule has 0 heterocycles. The monoisotopic (exact) mass is 530 g/mol. The number of ether oxygens (including phenoxy) is 1. The van der Waals surface area contributed by atoms with Gasteiger partial charge in [-0.25, -0.2) is 4.79 Å². The minimum absolute atomic E-state index is 0.114. The van der Waals surface area contributed by atoms with Crippen LogP contribution in [0.3, 0.4) is 0 Å². The number of carbonyl (C=O) groups is 3.